The molecule has 0 radical (unpaired) electrons. The van der Waals surface area contributed by atoms with Gasteiger partial charge in [0.05, 0.1) is 11.6 Å². The minimum Gasteiger partial charge on any atom is -0.349 e. The van der Waals surface area contributed by atoms with Gasteiger partial charge in [-0.05, 0) is 74.7 Å². The summed E-state index contributed by atoms with van der Waals surface area (Å²) in [6, 6.07) is 12.6. The molecule has 2 heterocycles. The number of carbonyl (C=O) groups excluding carboxylic acids is 2. The third-order valence-electron chi connectivity index (χ3n) is 6.19. The monoisotopic (exact) mass is 460 g/mol. The lowest BCUT2D eigenvalue weighted by Crippen LogP contribution is -2.33. The van der Waals surface area contributed by atoms with Crippen LogP contribution >= 0.6 is 0 Å². The number of anilines is 5. The molecule has 9 heteroatoms. The van der Waals surface area contributed by atoms with Crippen molar-refractivity contribution in [3.05, 3.63) is 65.6 Å². The number of nitrogens with zero attached hydrogens (tertiary/aromatic N) is 3. The van der Waals surface area contributed by atoms with Crippen LogP contribution in [0.15, 0.2) is 48.7 Å². The minimum atomic E-state index is -0.639. The molecule has 1 aromatic heterocycles. The minimum absolute atomic E-state index is 0.00378. The molecule has 0 unspecified atom stereocenters. The van der Waals surface area contributed by atoms with Crippen molar-refractivity contribution in [1.82, 2.24) is 15.3 Å². The lowest BCUT2D eigenvalue weighted by atomic mass is 9.86. The van der Waals surface area contributed by atoms with E-state index in [4.69, 9.17) is 0 Å². The number of benzene rings is 2. The first-order valence-corrected chi connectivity index (χ1v) is 11.1. The Morgan fingerprint density at radius 3 is 2.50 bits per heavy atom. The quantitative estimate of drug-likeness (QED) is 0.509. The molecule has 0 atom stereocenters. The topological polar surface area (TPSA) is 99.3 Å². The third-order valence-corrected chi connectivity index (χ3v) is 6.19. The van der Waals surface area contributed by atoms with E-state index in [1.54, 1.807) is 36.2 Å². The van der Waals surface area contributed by atoms with Crippen LogP contribution in [0.2, 0.25) is 0 Å². The average molecular weight is 461 g/mol. The van der Waals surface area contributed by atoms with Gasteiger partial charge in [-0.3, -0.25) is 9.59 Å². The molecule has 1 fully saturated rings. The predicted molar refractivity (Wildman–Crippen MR) is 128 cm³/mol. The number of amides is 2. The van der Waals surface area contributed by atoms with Crippen molar-refractivity contribution < 1.29 is 14.0 Å². The van der Waals surface area contributed by atoms with Crippen molar-refractivity contribution in [3.63, 3.8) is 0 Å². The summed E-state index contributed by atoms with van der Waals surface area (Å²) in [4.78, 5) is 34.6. The van der Waals surface area contributed by atoms with E-state index in [1.807, 2.05) is 32.0 Å². The summed E-state index contributed by atoms with van der Waals surface area (Å²) >= 11 is 0. The van der Waals surface area contributed by atoms with Crippen LogP contribution in [0.5, 0.6) is 0 Å². The van der Waals surface area contributed by atoms with E-state index in [9.17, 15) is 14.0 Å². The fourth-order valence-electron chi connectivity index (χ4n) is 4.03. The number of rotatable bonds is 6. The van der Waals surface area contributed by atoms with E-state index in [2.05, 4.69) is 25.9 Å². The zero-order valence-electron chi connectivity index (χ0n) is 19.1. The van der Waals surface area contributed by atoms with Gasteiger partial charge in [-0.15, -0.1) is 0 Å². The van der Waals surface area contributed by atoms with E-state index in [0.29, 0.717) is 16.9 Å². The number of likely N-dealkylation sites (N-methyl/N-ethyl adjacent to an activating group) is 1. The van der Waals surface area contributed by atoms with Crippen LogP contribution in [0.3, 0.4) is 0 Å². The summed E-state index contributed by atoms with van der Waals surface area (Å²) in [6.45, 7) is 3.78. The van der Waals surface area contributed by atoms with Crippen LogP contribution in [0.1, 0.15) is 42.6 Å². The van der Waals surface area contributed by atoms with Gasteiger partial charge in [-0.25, -0.2) is 9.37 Å². The molecule has 1 aliphatic heterocycles. The highest BCUT2D eigenvalue weighted by atomic mass is 19.1. The first-order valence-electron chi connectivity index (χ1n) is 11.1. The average Bonchev–Trinajstić information content (AvgIpc) is 3.62. The number of hydrogen-bond acceptors (Lipinski definition) is 6. The van der Waals surface area contributed by atoms with E-state index < -0.39 is 11.2 Å². The molecule has 34 heavy (non-hydrogen) atoms. The number of carbonyl (C=O) groups is 2. The zero-order chi connectivity index (χ0) is 24.0. The van der Waals surface area contributed by atoms with Crippen LogP contribution in [0.25, 0.3) is 0 Å². The standard InChI is InChI=1S/C25H25FN6O2/c1-25(2)18-12-17(10-11-20(18)32(3)23(25)34)30-24-27-13-19(26)21(31-24)28-15-6-4-14(5-7-15)22(33)29-16-8-9-16/h4-7,10-13,16H,8-9H2,1-3H3,(H,29,33)(H2,27,28,30,31). The van der Waals surface area contributed by atoms with Gasteiger partial charge in [0.1, 0.15) is 0 Å². The molecule has 2 aliphatic rings. The van der Waals surface area contributed by atoms with E-state index in [0.717, 1.165) is 30.3 Å². The Hall–Kier alpha value is -4.01. The van der Waals surface area contributed by atoms with E-state index in [1.165, 1.54) is 0 Å². The SMILES string of the molecule is CN1C(=O)C(C)(C)c2cc(Nc3ncc(F)c(Nc4ccc(C(=O)NC5CC5)cc4)n3)ccc21. The summed E-state index contributed by atoms with van der Waals surface area (Å²) < 4.78 is 14.4. The molecule has 0 bridgehead atoms. The van der Waals surface area contributed by atoms with Crippen molar-refractivity contribution in [2.75, 3.05) is 22.6 Å². The fraction of sp³-hybridized carbons (Fsp3) is 0.280. The highest BCUT2D eigenvalue weighted by molar-refractivity contribution is 6.07. The maximum Gasteiger partial charge on any atom is 0.251 e. The second-order valence-corrected chi connectivity index (χ2v) is 9.19. The maximum absolute atomic E-state index is 14.4. The van der Waals surface area contributed by atoms with Crippen LogP contribution < -0.4 is 20.9 Å². The normalized spacial score (nSPS) is 16.2. The molecular weight excluding hydrogens is 435 g/mol. The van der Waals surface area contributed by atoms with Crippen LogP contribution in [-0.2, 0) is 10.2 Å². The van der Waals surface area contributed by atoms with Gasteiger partial charge >= 0.3 is 0 Å². The summed E-state index contributed by atoms with van der Waals surface area (Å²) in [5.41, 5.74) is 2.95. The molecule has 0 saturated heterocycles. The smallest absolute Gasteiger partial charge is 0.251 e. The van der Waals surface area contributed by atoms with E-state index in [-0.39, 0.29) is 29.6 Å². The Bertz CT molecular complexity index is 1290. The van der Waals surface area contributed by atoms with Crippen molar-refractivity contribution >= 4 is 40.6 Å². The molecule has 1 saturated carbocycles. The highest BCUT2D eigenvalue weighted by Crippen LogP contribution is 2.42. The van der Waals surface area contributed by atoms with Crippen LogP contribution in [0, 0.1) is 5.82 Å². The van der Waals surface area contributed by atoms with Gasteiger partial charge < -0.3 is 20.9 Å². The third kappa shape index (κ3) is 4.05. The van der Waals surface area contributed by atoms with Gasteiger partial charge in [0.2, 0.25) is 11.9 Å². The molecule has 2 aromatic carbocycles. The molecule has 2 amide bonds. The number of aromatic nitrogens is 2. The molecule has 5 rings (SSSR count). The summed E-state index contributed by atoms with van der Waals surface area (Å²) in [5, 5.41) is 8.96. The Labute approximate surface area is 196 Å². The van der Waals surface area contributed by atoms with Gasteiger partial charge in [-0.1, -0.05) is 0 Å². The maximum atomic E-state index is 14.4. The van der Waals surface area contributed by atoms with E-state index >= 15 is 0 Å². The van der Waals surface area contributed by atoms with Crippen molar-refractivity contribution in [1.29, 1.82) is 0 Å². The molecule has 174 valence electrons. The van der Waals surface area contributed by atoms with Crippen molar-refractivity contribution in [2.45, 2.75) is 38.1 Å². The molecular formula is C25H25FN6O2. The Kier molecular flexibility index (Phi) is 5.19. The van der Waals surface area contributed by atoms with Gasteiger partial charge in [0.25, 0.3) is 5.91 Å². The lowest BCUT2D eigenvalue weighted by Gasteiger charge is -2.17. The zero-order valence-corrected chi connectivity index (χ0v) is 19.1. The fourth-order valence-corrected chi connectivity index (χ4v) is 4.03. The molecule has 3 aromatic rings. The summed E-state index contributed by atoms with van der Waals surface area (Å²) in [7, 11) is 1.76. The number of fused-ring (bicyclic) bond motifs is 1. The Morgan fingerprint density at radius 2 is 1.79 bits per heavy atom. The second-order valence-electron chi connectivity index (χ2n) is 9.19. The molecule has 1 aliphatic carbocycles. The Balaban J connectivity index is 1.32. The number of halogens is 1. The molecule has 3 N–H and O–H groups in total. The summed E-state index contributed by atoms with van der Waals surface area (Å²) in [6.07, 6.45) is 3.13. The van der Waals surface area contributed by atoms with Gasteiger partial charge in [0, 0.05) is 35.7 Å². The van der Waals surface area contributed by atoms with Crippen LogP contribution in [0.4, 0.5) is 33.2 Å². The first-order chi connectivity index (χ1) is 16.2. The number of nitrogens with one attached hydrogen (secondary N) is 3. The highest BCUT2D eigenvalue weighted by Gasteiger charge is 2.42. The lowest BCUT2D eigenvalue weighted by molar-refractivity contribution is -0.121. The second kappa shape index (κ2) is 8.09. The van der Waals surface area contributed by atoms with Gasteiger partial charge in [0.15, 0.2) is 11.6 Å². The first kappa shape index (κ1) is 21.8. The summed E-state index contributed by atoms with van der Waals surface area (Å²) in [5.74, 6) is -0.480. The predicted octanol–water partition coefficient (Wildman–Crippen LogP) is 4.25. The van der Waals surface area contributed by atoms with Crippen molar-refractivity contribution in [2.24, 2.45) is 0 Å². The van der Waals surface area contributed by atoms with Gasteiger partial charge in [-0.2, -0.15) is 4.98 Å². The Morgan fingerprint density at radius 1 is 1.09 bits per heavy atom. The van der Waals surface area contributed by atoms with Crippen LogP contribution in [-0.4, -0.2) is 34.9 Å². The largest absolute Gasteiger partial charge is 0.349 e. The molecule has 8 nitrogen and oxygen atoms in total. The molecule has 0 spiro atoms. The number of hydrogen-bond donors (Lipinski definition) is 3. The van der Waals surface area contributed by atoms with Crippen molar-refractivity contribution in [3.8, 4) is 0 Å².